The average molecular weight is 221 g/mol. The summed E-state index contributed by atoms with van der Waals surface area (Å²) in [6, 6.07) is 10.5. The van der Waals surface area contributed by atoms with Crippen LogP contribution in [0.1, 0.15) is 0 Å². The minimum absolute atomic E-state index is 0.432. The maximum absolute atomic E-state index is 5.75. The highest BCUT2D eigenvalue weighted by molar-refractivity contribution is 6.30. The first-order valence-electron chi connectivity index (χ1n) is 4.39. The average Bonchev–Trinajstić information content (AvgIpc) is 2.22. The Hall–Kier alpha value is -1.74. The van der Waals surface area contributed by atoms with Crippen molar-refractivity contribution in [3.63, 3.8) is 0 Å². The van der Waals surface area contributed by atoms with Crippen LogP contribution in [0, 0.1) is 0 Å². The Balaban J connectivity index is 2.18. The molecule has 0 aliphatic heterocycles. The fourth-order valence-corrected chi connectivity index (χ4v) is 1.26. The number of benzene rings is 1. The van der Waals surface area contributed by atoms with Gasteiger partial charge in [-0.2, -0.15) is 0 Å². The van der Waals surface area contributed by atoms with Crippen molar-refractivity contribution in [1.29, 1.82) is 0 Å². The fourth-order valence-electron chi connectivity index (χ4n) is 1.13. The Morgan fingerprint density at radius 2 is 1.80 bits per heavy atom. The van der Waals surface area contributed by atoms with Gasteiger partial charge in [0, 0.05) is 17.3 Å². The van der Waals surface area contributed by atoms with Crippen molar-refractivity contribution in [2.45, 2.75) is 0 Å². The monoisotopic (exact) mass is 220 g/mol. The summed E-state index contributed by atoms with van der Waals surface area (Å²) in [5, 5.41) is 0.677. The summed E-state index contributed by atoms with van der Waals surface area (Å²) >= 11 is 5.75. The third-order valence-electron chi connectivity index (χ3n) is 1.80. The number of ether oxygens (including phenoxy) is 1. The molecule has 0 saturated carbocycles. The number of rotatable bonds is 2. The Morgan fingerprint density at radius 1 is 1.07 bits per heavy atom. The second-order valence-corrected chi connectivity index (χ2v) is 3.41. The van der Waals surface area contributed by atoms with Gasteiger partial charge in [-0.25, -0.2) is 4.98 Å². The molecule has 2 aromatic rings. The third-order valence-corrected chi connectivity index (χ3v) is 2.05. The van der Waals surface area contributed by atoms with E-state index in [2.05, 4.69) is 4.98 Å². The lowest BCUT2D eigenvalue weighted by Crippen LogP contribution is -1.90. The first-order valence-corrected chi connectivity index (χ1v) is 4.77. The van der Waals surface area contributed by atoms with Gasteiger partial charge in [-0.1, -0.05) is 11.6 Å². The molecule has 0 atom stereocenters. The largest absolute Gasteiger partial charge is 0.457 e. The zero-order valence-corrected chi connectivity index (χ0v) is 8.61. The number of nitrogen functional groups attached to an aromatic ring is 1. The van der Waals surface area contributed by atoms with E-state index >= 15 is 0 Å². The molecule has 0 unspecified atom stereocenters. The third kappa shape index (κ3) is 2.60. The molecule has 0 fully saturated rings. The van der Waals surface area contributed by atoms with Gasteiger partial charge in [-0.05, 0) is 30.3 Å². The first kappa shape index (κ1) is 9.80. The van der Waals surface area contributed by atoms with Crippen LogP contribution in [0.2, 0.25) is 5.02 Å². The summed E-state index contributed by atoms with van der Waals surface area (Å²) in [5.74, 6) is 1.80. The van der Waals surface area contributed by atoms with Crippen molar-refractivity contribution in [3.05, 3.63) is 47.6 Å². The fraction of sp³-hybridized carbons (Fsp3) is 0. The van der Waals surface area contributed by atoms with Gasteiger partial charge in [0.1, 0.15) is 17.3 Å². The summed E-state index contributed by atoms with van der Waals surface area (Å²) in [6.45, 7) is 0. The molecule has 0 bridgehead atoms. The standard InChI is InChI=1S/C11H9ClN2O/c12-8-1-3-9(4-2-8)15-10-5-6-14-11(13)7-10/h1-7H,(H2,13,14). The smallest absolute Gasteiger partial charge is 0.132 e. The lowest BCUT2D eigenvalue weighted by Gasteiger charge is -2.05. The quantitative estimate of drug-likeness (QED) is 0.846. The molecule has 4 heteroatoms. The molecular formula is C11H9ClN2O. The van der Waals surface area contributed by atoms with Gasteiger partial charge in [0.25, 0.3) is 0 Å². The van der Waals surface area contributed by atoms with Crippen LogP contribution in [-0.4, -0.2) is 4.98 Å². The van der Waals surface area contributed by atoms with E-state index in [1.54, 1.807) is 42.6 Å². The van der Waals surface area contributed by atoms with Crippen LogP contribution in [0.3, 0.4) is 0 Å². The molecule has 1 aromatic carbocycles. The van der Waals surface area contributed by atoms with Crippen molar-refractivity contribution in [2.75, 3.05) is 5.73 Å². The molecule has 2 N–H and O–H groups in total. The number of nitrogens with zero attached hydrogens (tertiary/aromatic N) is 1. The van der Waals surface area contributed by atoms with Gasteiger partial charge in [0.2, 0.25) is 0 Å². The minimum atomic E-state index is 0.432. The molecular weight excluding hydrogens is 212 g/mol. The normalized spacial score (nSPS) is 9.93. The molecule has 0 aliphatic rings. The van der Waals surface area contributed by atoms with Gasteiger partial charge in [0.15, 0.2) is 0 Å². The zero-order valence-electron chi connectivity index (χ0n) is 7.85. The van der Waals surface area contributed by atoms with Crippen molar-refractivity contribution < 1.29 is 4.74 Å². The van der Waals surface area contributed by atoms with E-state index in [0.29, 0.717) is 22.3 Å². The second kappa shape index (κ2) is 4.19. The van der Waals surface area contributed by atoms with Crippen LogP contribution in [0.25, 0.3) is 0 Å². The summed E-state index contributed by atoms with van der Waals surface area (Å²) in [7, 11) is 0. The van der Waals surface area contributed by atoms with Gasteiger partial charge in [-0.3, -0.25) is 0 Å². The highest BCUT2D eigenvalue weighted by Crippen LogP contribution is 2.23. The van der Waals surface area contributed by atoms with E-state index in [1.807, 2.05) is 0 Å². The molecule has 0 spiro atoms. The van der Waals surface area contributed by atoms with Crippen LogP contribution >= 0.6 is 11.6 Å². The Labute approximate surface area is 92.5 Å². The summed E-state index contributed by atoms with van der Waals surface area (Å²) in [4.78, 5) is 3.87. The van der Waals surface area contributed by atoms with E-state index in [4.69, 9.17) is 22.1 Å². The predicted molar refractivity (Wildman–Crippen MR) is 60.2 cm³/mol. The molecule has 0 amide bonds. The Kier molecular flexibility index (Phi) is 2.74. The molecule has 3 nitrogen and oxygen atoms in total. The number of anilines is 1. The zero-order chi connectivity index (χ0) is 10.7. The summed E-state index contributed by atoms with van der Waals surface area (Å²) < 4.78 is 5.54. The second-order valence-electron chi connectivity index (χ2n) is 2.97. The van der Waals surface area contributed by atoms with Crippen molar-refractivity contribution in [1.82, 2.24) is 4.98 Å². The molecule has 15 heavy (non-hydrogen) atoms. The highest BCUT2D eigenvalue weighted by Gasteiger charge is 1.97. The lowest BCUT2D eigenvalue weighted by molar-refractivity contribution is 0.482. The van der Waals surface area contributed by atoms with Gasteiger partial charge in [0.05, 0.1) is 0 Å². The number of aromatic nitrogens is 1. The first-order chi connectivity index (χ1) is 7.24. The van der Waals surface area contributed by atoms with Crippen LogP contribution < -0.4 is 10.5 Å². The molecule has 0 saturated heterocycles. The van der Waals surface area contributed by atoms with Gasteiger partial charge in [-0.15, -0.1) is 0 Å². The van der Waals surface area contributed by atoms with Crippen LogP contribution in [0.5, 0.6) is 11.5 Å². The molecule has 0 radical (unpaired) electrons. The summed E-state index contributed by atoms with van der Waals surface area (Å²) in [5.41, 5.74) is 5.52. The van der Waals surface area contributed by atoms with Crippen molar-refractivity contribution >= 4 is 17.4 Å². The highest BCUT2D eigenvalue weighted by atomic mass is 35.5. The van der Waals surface area contributed by atoms with Crippen LogP contribution in [-0.2, 0) is 0 Å². The number of pyridine rings is 1. The van der Waals surface area contributed by atoms with E-state index in [-0.39, 0.29) is 0 Å². The van der Waals surface area contributed by atoms with E-state index in [9.17, 15) is 0 Å². The maximum Gasteiger partial charge on any atom is 0.132 e. The van der Waals surface area contributed by atoms with Gasteiger partial charge >= 0.3 is 0 Å². The lowest BCUT2D eigenvalue weighted by atomic mass is 10.3. The summed E-state index contributed by atoms with van der Waals surface area (Å²) in [6.07, 6.45) is 1.60. The Morgan fingerprint density at radius 3 is 2.47 bits per heavy atom. The SMILES string of the molecule is Nc1cc(Oc2ccc(Cl)cc2)ccn1. The number of hydrogen-bond acceptors (Lipinski definition) is 3. The molecule has 76 valence electrons. The topological polar surface area (TPSA) is 48.1 Å². The predicted octanol–water partition coefficient (Wildman–Crippen LogP) is 3.11. The molecule has 1 aromatic heterocycles. The molecule has 1 heterocycles. The van der Waals surface area contributed by atoms with Crippen molar-refractivity contribution in [2.24, 2.45) is 0 Å². The van der Waals surface area contributed by atoms with Gasteiger partial charge < -0.3 is 10.5 Å². The van der Waals surface area contributed by atoms with Crippen molar-refractivity contribution in [3.8, 4) is 11.5 Å². The van der Waals surface area contributed by atoms with E-state index in [0.717, 1.165) is 0 Å². The van der Waals surface area contributed by atoms with Crippen LogP contribution in [0.15, 0.2) is 42.6 Å². The number of halogens is 1. The number of nitrogens with two attached hydrogens (primary N) is 1. The van der Waals surface area contributed by atoms with E-state index < -0.39 is 0 Å². The maximum atomic E-state index is 5.75. The molecule has 2 rings (SSSR count). The molecule has 0 aliphatic carbocycles. The minimum Gasteiger partial charge on any atom is -0.457 e. The van der Waals surface area contributed by atoms with Crippen LogP contribution in [0.4, 0.5) is 5.82 Å². The van der Waals surface area contributed by atoms with E-state index in [1.165, 1.54) is 0 Å². The Bertz CT molecular complexity index is 456. The number of hydrogen-bond donors (Lipinski definition) is 1.